The predicted molar refractivity (Wildman–Crippen MR) is 97.1 cm³/mol. The lowest BCUT2D eigenvalue weighted by molar-refractivity contribution is -0.111. The molecule has 1 amide bonds. The third-order valence-electron chi connectivity index (χ3n) is 3.70. The summed E-state index contributed by atoms with van der Waals surface area (Å²) in [5, 5.41) is 3.81. The predicted octanol–water partition coefficient (Wildman–Crippen LogP) is 4.20. The maximum absolute atomic E-state index is 12.3. The standard InChI is InChI=1S/C20H18N2O2/c1-14-8-10-19(24-2)15(13-14)9-11-20(23)22-18-7-3-6-17-16(18)5-4-12-21-17/h3-13H,1-2H3,(H,22,23). The minimum Gasteiger partial charge on any atom is -0.496 e. The number of hydrogen-bond donors (Lipinski definition) is 1. The van der Waals surface area contributed by atoms with Gasteiger partial charge in [-0.3, -0.25) is 9.78 Å². The molecule has 1 heterocycles. The lowest BCUT2D eigenvalue weighted by Gasteiger charge is -2.07. The third-order valence-corrected chi connectivity index (χ3v) is 3.70. The number of fused-ring (bicyclic) bond motifs is 1. The molecule has 0 aliphatic carbocycles. The Morgan fingerprint density at radius 2 is 2.04 bits per heavy atom. The Labute approximate surface area is 140 Å². The second-order valence-electron chi connectivity index (χ2n) is 5.44. The van der Waals surface area contributed by atoms with Gasteiger partial charge in [0.15, 0.2) is 0 Å². The summed E-state index contributed by atoms with van der Waals surface area (Å²) in [5.41, 5.74) is 3.56. The van der Waals surface area contributed by atoms with Crippen LogP contribution in [0.25, 0.3) is 17.0 Å². The van der Waals surface area contributed by atoms with Gasteiger partial charge in [0.1, 0.15) is 5.75 Å². The van der Waals surface area contributed by atoms with E-state index in [9.17, 15) is 4.79 Å². The summed E-state index contributed by atoms with van der Waals surface area (Å²) in [5.74, 6) is 0.536. The van der Waals surface area contributed by atoms with Gasteiger partial charge in [0.2, 0.25) is 5.91 Å². The van der Waals surface area contributed by atoms with E-state index in [-0.39, 0.29) is 5.91 Å². The smallest absolute Gasteiger partial charge is 0.248 e. The van der Waals surface area contributed by atoms with Gasteiger partial charge in [-0.15, -0.1) is 0 Å². The minimum atomic E-state index is -0.199. The summed E-state index contributed by atoms with van der Waals surface area (Å²) in [6.45, 7) is 2.00. The summed E-state index contributed by atoms with van der Waals surface area (Å²) in [4.78, 5) is 16.5. The quantitative estimate of drug-likeness (QED) is 0.733. The van der Waals surface area contributed by atoms with E-state index in [1.54, 1.807) is 19.4 Å². The van der Waals surface area contributed by atoms with E-state index in [0.717, 1.165) is 33.5 Å². The monoisotopic (exact) mass is 318 g/mol. The van der Waals surface area contributed by atoms with E-state index in [2.05, 4.69) is 10.3 Å². The number of carbonyl (C=O) groups excluding carboxylic acids is 1. The largest absolute Gasteiger partial charge is 0.496 e. The maximum atomic E-state index is 12.3. The molecule has 4 nitrogen and oxygen atoms in total. The van der Waals surface area contributed by atoms with Crippen molar-refractivity contribution >= 4 is 28.6 Å². The Kier molecular flexibility index (Phi) is 4.57. The van der Waals surface area contributed by atoms with Crippen LogP contribution in [0.5, 0.6) is 5.75 Å². The SMILES string of the molecule is COc1ccc(C)cc1C=CC(=O)Nc1cccc2ncccc12. The molecule has 1 aromatic heterocycles. The lowest BCUT2D eigenvalue weighted by Crippen LogP contribution is -2.08. The number of anilines is 1. The van der Waals surface area contributed by atoms with Gasteiger partial charge in [0, 0.05) is 23.2 Å². The van der Waals surface area contributed by atoms with Crippen LogP contribution in [0.1, 0.15) is 11.1 Å². The molecule has 0 aliphatic heterocycles. The molecule has 0 saturated heterocycles. The Morgan fingerprint density at radius 1 is 1.17 bits per heavy atom. The topological polar surface area (TPSA) is 51.2 Å². The highest BCUT2D eigenvalue weighted by molar-refractivity contribution is 6.07. The average Bonchev–Trinajstić information content (AvgIpc) is 2.60. The van der Waals surface area contributed by atoms with E-state index in [1.807, 2.05) is 55.5 Å². The molecule has 4 heteroatoms. The molecule has 3 aromatic rings. The van der Waals surface area contributed by atoms with Crippen LogP contribution in [0.4, 0.5) is 5.69 Å². The number of pyridine rings is 1. The van der Waals surface area contributed by atoms with Gasteiger partial charge < -0.3 is 10.1 Å². The highest BCUT2D eigenvalue weighted by Gasteiger charge is 2.05. The Balaban J connectivity index is 1.82. The van der Waals surface area contributed by atoms with Crippen LogP contribution in [0.15, 0.2) is 60.8 Å². The summed E-state index contributed by atoms with van der Waals surface area (Å²) < 4.78 is 5.32. The van der Waals surface area contributed by atoms with Crippen molar-refractivity contribution in [2.24, 2.45) is 0 Å². The van der Waals surface area contributed by atoms with Crippen LogP contribution in [0.2, 0.25) is 0 Å². The van der Waals surface area contributed by atoms with Crippen molar-refractivity contribution < 1.29 is 9.53 Å². The van der Waals surface area contributed by atoms with Crippen molar-refractivity contribution in [3.05, 3.63) is 71.9 Å². The van der Waals surface area contributed by atoms with E-state index < -0.39 is 0 Å². The maximum Gasteiger partial charge on any atom is 0.248 e. The Morgan fingerprint density at radius 3 is 2.88 bits per heavy atom. The summed E-state index contributed by atoms with van der Waals surface area (Å²) in [7, 11) is 1.62. The second-order valence-corrected chi connectivity index (χ2v) is 5.44. The molecular formula is C20H18N2O2. The fourth-order valence-corrected chi connectivity index (χ4v) is 2.54. The van der Waals surface area contributed by atoms with E-state index in [1.165, 1.54) is 6.08 Å². The summed E-state index contributed by atoms with van der Waals surface area (Å²) in [6.07, 6.45) is 4.99. The number of carbonyl (C=O) groups is 1. The van der Waals surface area contributed by atoms with E-state index in [0.29, 0.717) is 0 Å². The van der Waals surface area contributed by atoms with Gasteiger partial charge >= 0.3 is 0 Å². The number of ether oxygens (including phenoxy) is 1. The van der Waals surface area contributed by atoms with Gasteiger partial charge in [0.05, 0.1) is 18.3 Å². The van der Waals surface area contributed by atoms with Gasteiger partial charge in [-0.25, -0.2) is 0 Å². The molecule has 24 heavy (non-hydrogen) atoms. The van der Waals surface area contributed by atoms with Gasteiger partial charge in [-0.05, 0) is 49.4 Å². The zero-order chi connectivity index (χ0) is 16.9. The molecule has 0 bridgehead atoms. The van der Waals surface area contributed by atoms with Crippen LogP contribution in [-0.2, 0) is 4.79 Å². The fraction of sp³-hybridized carbons (Fsp3) is 0.100. The first-order valence-electron chi connectivity index (χ1n) is 7.65. The number of rotatable bonds is 4. The zero-order valence-corrected chi connectivity index (χ0v) is 13.6. The number of nitrogens with zero attached hydrogens (tertiary/aromatic N) is 1. The molecule has 0 aliphatic rings. The first-order valence-corrected chi connectivity index (χ1v) is 7.65. The number of aryl methyl sites for hydroxylation is 1. The first kappa shape index (κ1) is 15.7. The van der Waals surface area contributed by atoms with E-state index in [4.69, 9.17) is 4.74 Å². The summed E-state index contributed by atoms with van der Waals surface area (Å²) in [6, 6.07) is 15.3. The highest BCUT2D eigenvalue weighted by atomic mass is 16.5. The molecule has 2 aromatic carbocycles. The number of amides is 1. The molecular weight excluding hydrogens is 300 g/mol. The van der Waals surface area contributed by atoms with Crippen molar-refractivity contribution in [3.63, 3.8) is 0 Å². The highest BCUT2D eigenvalue weighted by Crippen LogP contribution is 2.23. The molecule has 0 fully saturated rings. The first-order chi connectivity index (χ1) is 11.7. The Bertz CT molecular complexity index is 911. The molecule has 0 spiro atoms. The molecule has 120 valence electrons. The second kappa shape index (κ2) is 6.96. The fourth-order valence-electron chi connectivity index (χ4n) is 2.54. The number of hydrogen-bond acceptors (Lipinski definition) is 3. The molecule has 3 rings (SSSR count). The van der Waals surface area contributed by atoms with Gasteiger partial charge in [0.25, 0.3) is 0 Å². The molecule has 1 N–H and O–H groups in total. The van der Waals surface area contributed by atoms with E-state index >= 15 is 0 Å². The average molecular weight is 318 g/mol. The zero-order valence-electron chi connectivity index (χ0n) is 13.6. The molecule has 0 unspecified atom stereocenters. The lowest BCUT2D eigenvalue weighted by atomic mass is 10.1. The van der Waals surface area contributed by atoms with Gasteiger partial charge in [-0.2, -0.15) is 0 Å². The van der Waals surface area contributed by atoms with Crippen LogP contribution < -0.4 is 10.1 Å². The van der Waals surface area contributed by atoms with Crippen LogP contribution in [-0.4, -0.2) is 18.0 Å². The number of nitrogens with one attached hydrogen (secondary N) is 1. The molecule has 0 saturated carbocycles. The third kappa shape index (κ3) is 3.43. The van der Waals surface area contributed by atoms with Crippen molar-refractivity contribution in [3.8, 4) is 5.75 Å². The number of aromatic nitrogens is 1. The molecule has 0 atom stereocenters. The summed E-state index contributed by atoms with van der Waals surface area (Å²) >= 11 is 0. The minimum absolute atomic E-state index is 0.199. The van der Waals surface area contributed by atoms with Crippen LogP contribution >= 0.6 is 0 Å². The van der Waals surface area contributed by atoms with Crippen molar-refractivity contribution in [1.82, 2.24) is 4.98 Å². The number of benzene rings is 2. The normalized spacial score (nSPS) is 10.9. The van der Waals surface area contributed by atoms with Crippen LogP contribution in [0.3, 0.4) is 0 Å². The number of methoxy groups -OCH3 is 1. The van der Waals surface area contributed by atoms with Crippen molar-refractivity contribution in [2.75, 3.05) is 12.4 Å². The van der Waals surface area contributed by atoms with Crippen molar-refractivity contribution in [2.45, 2.75) is 6.92 Å². The van der Waals surface area contributed by atoms with Crippen molar-refractivity contribution in [1.29, 1.82) is 0 Å². The Hall–Kier alpha value is -3.14. The molecule has 0 radical (unpaired) electrons. The van der Waals surface area contributed by atoms with Crippen LogP contribution in [0, 0.1) is 6.92 Å². The van der Waals surface area contributed by atoms with Gasteiger partial charge in [-0.1, -0.05) is 17.7 Å².